The normalized spacial score (nSPS) is 8.73. The van der Waals surface area contributed by atoms with Crippen LogP contribution in [0.15, 0.2) is 17.2 Å². The van der Waals surface area contributed by atoms with E-state index in [1.165, 1.54) is 0 Å². The lowest BCUT2D eigenvalue weighted by atomic mass is 10.2. The molecular formula is C9H4F3N3. The Morgan fingerprint density at radius 2 is 1.87 bits per heavy atom. The Morgan fingerprint density at radius 3 is 2.40 bits per heavy atom. The highest BCUT2D eigenvalue weighted by molar-refractivity contribution is 5.35. The van der Waals surface area contributed by atoms with Crippen molar-refractivity contribution < 1.29 is 13.2 Å². The average molecular weight is 211 g/mol. The number of rotatable bonds is 1. The van der Waals surface area contributed by atoms with Crippen molar-refractivity contribution in [2.24, 2.45) is 5.11 Å². The van der Waals surface area contributed by atoms with Crippen molar-refractivity contribution in [1.29, 1.82) is 0 Å². The topological polar surface area (TPSA) is 48.8 Å². The quantitative estimate of drug-likeness (QED) is 0.225. The molecular weight excluding hydrogens is 207 g/mol. The van der Waals surface area contributed by atoms with E-state index in [2.05, 4.69) is 21.9 Å². The van der Waals surface area contributed by atoms with Crippen molar-refractivity contribution in [3.63, 3.8) is 0 Å². The first-order valence-electron chi connectivity index (χ1n) is 3.79. The first kappa shape index (κ1) is 11.0. The van der Waals surface area contributed by atoms with Crippen LogP contribution in [-0.2, 0) is 0 Å². The third-order valence-electron chi connectivity index (χ3n) is 1.43. The number of halogens is 3. The zero-order valence-corrected chi connectivity index (χ0v) is 7.34. The lowest BCUT2D eigenvalue weighted by Gasteiger charge is -1.95. The molecule has 0 bridgehead atoms. The first-order chi connectivity index (χ1) is 7.15. The van der Waals surface area contributed by atoms with E-state index < -0.39 is 17.5 Å². The Kier molecular flexibility index (Phi) is 3.61. The summed E-state index contributed by atoms with van der Waals surface area (Å²) in [6.07, 6.45) is 0. The zero-order chi connectivity index (χ0) is 11.3. The van der Waals surface area contributed by atoms with Gasteiger partial charge in [-0.3, -0.25) is 0 Å². The van der Waals surface area contributed by atoms with Gasteiger partial charge in [0.25, 0.3) is 0 Å². The molecule has 15 heavy (non-hydrogen) atoms. The highest BCUT2D eigenvalue weighted by atomic mass is 19.2. The van der Waals surface area contributed by atoms with Crippen molar-refractivity contribution in [3.05, 3.63) is 45.6 Å². The summed E-state index contributed by atoms with van der Waals surface area (Å²) >= 11 is 0. The molecule has 1 rings (SSSR count). The second kappa shape index (κ2) is 4.94. The summed E-state index contributed by atoms with van der Waals surface area (Å²) in [7, 11) is 0. The van der Waals surface area contributed by atoms with Gasteiger partial charge >= 0.3 is 0 Å². The number of azide groups is 1. The van der Waals surface area contributed by atoms with E-state index in [1.807, 2.05) is 0 Å². The fourth-order valence-electron chi connectivity index (χ4n) is 0.836. The molecule has 0 saturated carbocycles. The second-order valence-electron chi connectivity index (χ2n) is 2.44. The minimum absolute atomic E-state index is 0.0143. The van der Waals surface area contributed by atoms with Crippen molar-refractivity contribution in [2.45, 2.75) is 0 Å². The second-order valence-corrected chi connectivity index (χ2v) is 2.44. The van der Waals surface area contributed by atoms with E-state index in [9.17, 15) is 13.2 Å². The predicted molar refractivity (Wildman–Crippen MR) is 47.2 cm³/mol. The van der Waals surface area contributed by atoms with E-state index in [4.69, 9.17) is 5.53 Å². The highest BCUT2D eigenvalue weighted by Crippen LogP contribution is 2.12. The van der Waals surface area contributed by atoms with E-state index in [1.54, 1.807) is 0 Å². The molecule has 0 heterocycles. The molecule has 0 aliphatic carbocycles. The van der Waals surface area contributed by atoms with Crippen LogP contribution in [-0.4, -0.2) is 6.54 Å². The minimum Gasteiger partial charge on any atom is -0.204 e. The van der Waals surface area contributed by atoms with E-state index in [0.717, 1.165) is 12.1 Å². The molecule has 0 unspecified atom stereocenters. The Morgan fingerprint density at radius 1 is 1.27 bits per heavy atom. The molecule has 0 spiro atoms. The van der Waals surface area contributed by atoms with Crippen LogP contribution in [0.4, 0.5) is 13.2 Å². The van der Waals surface area contributed by atoms with Gasteiger partial charge in [-0.05, 0) is 17.7 Å². The van der Waals surface area contributed by atoms with Gasteiger partial charge in [-0.25, -0.2) is 13.2 Å². The molecule has 0 aliphatic rings. The van der Waals surface area contributed by atoms with Crippen molar-refractivity contribution in [2.75, 3.05) is 6.54 Å². The van der Waals surface area contributed by atoms with Crippen molar-refractivity contribution in [1.82, 2.24) is 0 Å². The van der Waals surface area contributed by atoms with Crippen LogP contribution in [0.5, 0.6) is 0 Å². The summed E-state index contributed by atoms with van der Waals surface area (Å²) in [6.45, 7) is -0.114. The number of hydrogen-bond donors (Lipinski definition) is 0. The van der Waals surface area contributed by atoms with Crippen molar-refractivity contribution >= 4 is 0 Å². The smallest absolute Gasteiger partial charge is 0.194 e. The zero-order valence-electron chi connectivity index (χ0n) is 7.34. The van der Waals surface area contributed by atoms with Gasteiger partial charge in [0, 0.05) is 10.5 Å². The maximum absolute atomic E-state index is 12.7. The number of hydrogen-bond acceptors (Lipinski definition) is 1. The third kappa shape index (κ3) is 2.93. The van der Waals surface area contributed by atoms with Gasteiger partial charge in [0.1, 0.15) is 0 Å². The molecule has 1 aromatic rings. The van der Waals surface area contributed by atoms with E-state index in [-0.39, 0.29) is 12.1 Å². The monoisotopic (exact) mass is 211 g/mol. The number of benzene rings is 1. The molecule has 3 nitrogen and oxygen atoms in total. The highest BCUT2D eigenvalue weighted by Gasteiger charge is 2.08. The van der Waals surface area contributed by atoms with Crippen LogP contribution in [0.2, 0.25) is 0 Å². The van der Waals surface area contributed by atoms with Crippen LogP contribution in [0.1, 0.15) is 5.56 Å². The standard InChI is InChI=1S/C9H4F3N3/c10-7-4-6(2-1-3-14-15-13)5-8(11)9(7)12/h4-5H,3H2. The molecule has 0 N–H and O–H groups in total. The molecule has 0 aromatic heterocycles. The molecule has 0 saturated heterocycles. The van der Waals surface area contributed by atoms with Gasteiger partial charge in [0.15, 0.2) is 17.5 Å². The summed E-state index contributed by atoms with van der Waals surface area (Å²) < 4.78 is 37.8. The van der Waals surface area contributed by atoms with Gasteiger partial charge in [0.05, 0.1) is 6.54 Å². The summed E-state index contributed by atoms with van der Waals surface area (Å²) in [5, 5.41) is 3.09. The maximum atomic E-state index is 12.7. The van der Waals surface area contributed by atoms with Crippen LogP contribution in [0.3, 0.4) is 0 Å². The molecule has 0 radical (unpaired) electrons. The van der Waals surface area contributed by atoms with Crippen LogP contribution < -0.4 is 0 Å². The largest absolute Gasteiger partial charge is 0.204 e. The first-order valence-corrected chi connectivity index (χ1v) is 3.79. The van der Waals surface area contributed by atoms with Crippen LogP contribution >= 0.6 is 0 Å². The SMILES string of the molecule is [N-]=[N+]=NCC#Cc1cc(F)c(F)c(F)c1. The summed E-state index contributed by atoms with van der Waals surface area (Å²) in [4.78, 5) is 2.43. The molecule has 0 aliphatic heterocycles. The lowest BCUT2D eigenvalue weighted by molar-refractivity contribution is 0.446. The Labute approximate surface area is 83.2 Å². The van der Waals surface area contributed by atoms with Crippen molar-refractivity contribution in [3.8, 4) is 11.8 Å². The van der Waals surface area contributed by atoms with Crippen LogP contribution in [0, 0.1) is 29.3 Å². The van der Waals surface area contributed by atoms with E-state index in [0.29, 0.717) is 0 Å². The molecule has 76 valence electrons. The van der Waals surface area contributed by atoms with E-state index >= 15 is 0 Å². The molecule has 1 aromatic carbocycles. The fraction of sp³-hybridized carbons (Fsp3) is 0.111. The van der Waals surface area contributed by atoms with Crippen LogP contribution in [0.25, 0.3) is 10.4 Å². The minimum atomic E-state index is -1.53. The Hall–Kier alpha value is -2.12. The molecule has 0 amide bonds. The third-order valence-corrected chi connectivity index (χ3v) is 1.43. The lowest BCUT2D eigenvalue weighted by Crippen LogP contribution is -1.91. The average Bonchev–Trinajstić information content (AvgIpc) is 2.21. The Bertz CT molecular complexity index is 458. The maximum Gasteiger partial charge on any atom is 0.194 e. The predicted octanol–water partition coefficient (Wildman–Crippen LogP) is 2.77. The van der Waals surface area contributed by atoms with Gasteiger partial charge < -0.3 is 0 Å². The summed E-state index contributed by atoms with van der Waals surface area (Å²) in [5.41, 5.74) is 7.89. The van der Waals surface area contributed by atoms with Gasteiger partial charge in [-0.1, -0.05) is 17.0 Å². The molecule has 6 heteroatoms. The number of nitrogens with zero attached hydrogens (tertiary/aromatic N) is 3. The Balaban J connectivity index is 2.95. The molecule has 0 fully saturated rings. The fourth-order valence-corrected chi connectivity index (χ4v) is 0.836. The molecule has 0 atom stereocenters. The van der Waals surface area contributed by atoms with Gasteiger partial charge in [0.2, 0.25) is 0 Å². The van der Waals surface area contributed by atoms with Gasteiger partial charge in [-0.2, -0.15) is 0 Å². The summed E-state index contributed by atoms with van der Waals surface area (Å²) in [6, 6.07) is 1.53. The van der Waals surface area contributed by atoms with Gasteiger partial charge in [-0.15, -0.1) is 0 Å². The summed E-state index contributed by atoms with van der Waals surface area (Å²) in [5.74, 6) is 0.540.